The molecule has 1 amide bonds. The highest BCUT2D eigenvalue weighted by Gasteiger charge is 2.30. The molecule has 3 aromatic rings. The van der Waals surface area contributed by atoms with Gasteiger partial charge < -0.3 is 10.1 Å². The van der Waals surface area contributed by atoms with Crippen LogP contribution in [-0.4, -0.2) is 61.6 Å². The summed E-state index contributed by atoms with van der Waals surface area (Å²) in [4.78, 5) is 18.1. The predicted molar refractivity (Wildman–Crippen MR) is 138 cm³/mol. The summed E-state index contributed by atoms with van der Waals surface area (Å²) in [5.74, 6) is -0.293. The lowest BCUT2D eigenvalue weighted by molar-refractivity contribution is -0.137. The van der Waals surface area contributed by atoms with Crippen LogP contribution in [0.3, 0.4) is 0 Å². The van der Waals surface area contributed by atoms with Gasteiger partial charge in [-0.15, -0.1) is 0 Å². The van der Waals surface area contributed by atoms with Crippen LogP contribution in [-0.2, 0) is 23.9 Å². The van der Waals surface area contributed by atoms with Crippen LogP contribution in [0.4, 0.5) is 18.9 Å². The largest absolute Gasteiger partial charge is 0.416 e. The van der Waals surface area contributed by atoms with Crippen molar-refractivity contribution in [2.45, 2.75) is 19.1 Å². The maximum Gasteiger partial charge on any atom is 0.416 e. The third-order valence-electron chi connectivity index (χ3n) is 7.09. The van der Waals surface area contributed by atoms with E-state index in [9.17, 15) is 18.0 Å². The number of ether oxygens (including phenoxy) is 1. The number of fused-ring (bicyclic) bond motifs is 1. The Morgan fingerprint density at radius 2 is 1.59 bits per heavy atom. The van der Waals surface area contributed by atoms with Crippen LogP contribution in [0.5, 0.6) is 0 Å². The Hall–Kier alpha value is -3.20. The lowest BCUT2D eigenvalue weighted by Gasteiger charge is -2.32. The van der Waals surface area contributed by atoms with Gasteiger partial charge in [-0.1, -0.05) is 36.4 Å². The van der Waals surface area contributed by atoms with E-state index in [0.29, 0.717) is 22.4 Å². The molecule has 2 aliphatic rings. The molecule has 5 rings (SSSR count). The molecule has 0 saturated carbocycles. The first-order valence-corrected chi connectivity index (χ1v) is 12.6. The number of alkyl halides is 3. The van der Waals surface area contributed by atoms with Gasteiger partial charge >= 0.3 is 6.18 Å². The zero-order chi connectivity index (χ0) is 25.8. The molecule has 0 spiro atoms. The molecule has 0 atom stereocenters. The monoisotopic (exact) mass is 509 g/mol. The number of hydrogen-bond acceptors (Lipinski definition) is 4. The average Bonchev–Trinajstić information content (AvgIpc) is 2.92. The fraction of sp³-hybridized carbons (Fsp3) is 0.345. The highest BCUT2D eigenvalue weighted by molar-refractivity contribution is 6.08. The van der Waals surface area contributed by atoms with Gasteiger partial charge in [0, 0.05) is 50.5 Å². The number of carbonyl (C=O) groups excluding carboxylic acids is 1. The number of rotatable bonds is 6. The lowest BCUT2D eigenvalue weighted by atomic mass is 9.97. The summed E-state index contributed by atoms with van der Waals surface area (Å²) < 4.78 is 44.3. The van der Waals surface area contributed by atoms with Crippen LogP contribution in [0.15, 0.2) is 66.7 Å². The van der Waals surface area contributed by atoms with Crippen molar-refractivity contribution in [3.05, 3.63) is 89.0 Å². The van der Waals surface area contributed by atoms with E-state index in [1.807, 2.05) is 12.1 Å². The summed E-state index contributed by atoms with van der Waals surface area (Å²) in [6.45, 7) is 7.56. The van der Waals surface area contributed by atoms with Gasteiger partial charge in [0.05, 0.1) is 18.8 Å². The zero-order valence-corrected chi connectivity index (χ0v) is 20.6. The summed E-state index contributed by atoms with van der Waals surface area (Å²) >= 11 is 0. The van der Waals surface area contributed by atoms with E-state index in [0.717, 1.165) is 71.0 Å². The molecule has 37 heavy (non-hydrogen) atoms. The quantitative estimate of drug-likeness (QED) is 0.489. The molecule has 0 aliphatic carbocycles. The Morgan fingerprint density at radius 1 is 0.865 bits per heavy atom. The third kappa shape index (κ3) is 6.21. The van der Waals surface area contributed by atoms with E-state index in [4.69, 9.17) is 4.74 Å². The van der Waals surface area contributed by atoms with Crippen molar-refractivity contribution >= 4 is 11.6 Å². The third-order valence-corrected chi connectivity index (χ3v) is 7.09. The van der Waals surface area contributed by atoms with Gasteiger partial charge in [0.15, 0.2) is 0 Å². The van der Waals surface area contributed by atoms with E-state index in [-0.39, 0.29) is 5.91 Å². The normalized spacial score (nSPS) is 16.8. The minimum Gasteiger partial charge on any atom is -0.379 e. The number of amides is 1. The Morgan fingerprint density at radius 3 is 2.35 bits per heavy atom. The fourth-order valence-corrected chi connectivity index (χ4v) is 4.96. The summed E-state index contributed by atoms with van der Waals surface area (Å²) in [6.07, 6.45) is -3.48. The Kier molecular flexibility index (Phi) is 7.60. The van der Waals surface area contributed by atoms with Crippen molar-refractivity contribution in [2.24, 2.45) is 0 Å². The van der Waals surface area contributed by atoms with Crippen molar-refractivity contribution in [1.29, 1.82) is 0 Å². The molecule has 1 fully saturated rings. The molecule has 0 radical (unpaired) electrons. The Labute approximate surface area is 214 Å². The van der Waals surface area contributed by atoms with Crippen LogP contribution < -0.4 is 5.32 Å². The first kappa shape index (κ1) is 25.4. The number of carbonyl (C=O) groups is 1. The summed E-state index contributed by atoms with van der Waals surface area (Å²) in [5.41, 5.74) is 4.06. The maximum atomic E-state index is 13.2. The topological polar surface area (TPSA) is 44.8 Å². The first-order chi connectivity index (χ1) is 17.9. The summed E-state index contributed by atoms with van der Waals surface area (Å²) in [7, 11) is 0. The van der Waals surface area contributed by atoms with Gasteiger partial charge in [-0.2, -0.15) is 13.2 Å². The molecule has 194 valence electrons. The number of hydrogen-bond donors (Lipinski definition) is 1. The summed E-state index contributed by atoms with van der Waals surface area (Å²) in [6, 6.07) is 17.9. The van der Waals surface area contributed by atoms with Gasteiger partial charge in [-0.05, 0) is 59.0 Å². The van der Waals surface area contributed by atoms with Crippen molar-refractivity contribution in [3.8, 4) is 11.1 Å². The predicted octanol–water partition coefficient (Wildman–Crippen LogP) is 5.32. The smallest absolute Gasteiger partial charge is 0.379 e. The number of morpholine rings is 1. The fourth-order valence-electron chi connectivity index (χ4n) is 4.96. The second kappa shape index (κ2) is 11.0. The molecule has 3 aromatic carbocycles. The standard InChI is InChI=1S/C29H30F3N3O2/c30-29(31,32)24-8-5-21(6-9-24)26-3-1-2-4-27(26)28(36)33-25-10-7-23-20-35(12-11-22(23)19-25)14-13-34-15-17-37-18-16-34/h1-10,19H,11-18,20H2,(H,33,36). The number of nitrogens with zero attached hydrogens (tertiary/aromatic N) is 2. The molecule has 0 aromatic heterocycles. The lowest BCUT2D eigenvalue weighted by Crippen LogP contribution is -2.42. The molecular weight excluding hydrogens is 479 g/mol. The van der Waals surface area contributed by atoms with E-state index in [1.54, 1.807) is 24.3 Å². The molecule has 0 unspecified atom stereocenters. The number of anilines is 1. The minimum atomic E-state index is -4.40. The van der Waals surface area contributed by atoms with E-state index >= 15 is 0 Å². The highest BCUT2D eigenvalue weighted by atomic mass is 19.4. The number of nitrogens with one attached hydrogen (secondary N) is 1. The second-order valence-electron chi connectivity index (χ2n) is 9.54. The second-order valence-corrected chi connectivity index (χ2v) is 9.54. The van der Waals surface area contributed by atoms with E-state index in [2.05, 4.69) is 21.2 Å². The molecule has 8 heteroatoms. The highest BCUT2D eigenvalue weighted by Crippen LogP contribution is 2.32. The van der Waals surface area contributed by atoms with Crippen molar-refractivity contribution in [2.75, 3.05) is 51.3 Å². The minimum absolute atomic E-state index is 0.293. The molecule has 5 nitrogen and oxygen atoms in total. The van der Waals surface area contributed by atoms with Crippen molar-refractivity contribution in [1.82, 2.24) is 9.80 Å². The van der Waals surface area contributed by atoms with Crippen LogP contribution in [0, 0.1) is 0 Å². The van der Waals surface area contributed by atoms with Gasteiger partial charge in [0.25, 0.3) is 5.91 Å². The molecule has 2 heterocycles. The Balaban J connectivity index is 1.24. The molecular formula is C29H30F3N3O2. The first-order valence-electron chi connectivity index (χ1n) is 12.6. The molecule has 1 saturated heterocycles. The summed E-state index contributed by atoms with van der Waals surface area (Å²) in [5, 5.41) is 2.98. The van der Waals surface area contributed by atoms with Crippen LogP contribution >= 0.6 is 0 Å². The SMILES string of the molecule is O=C(Nc1ccc2c(c1)CCN(CCN1CCOCC1)C2)c1ccccc1-c1ccc(C(F)(F)F)cc1. The van der Waals surface area contributed by atoms with Gasteiger partial charge in [-0.25, -0.2) is 0 Å². The van der Waals surface area contributed by atoms with Gasteiger partial charge in [-0.3, -0.25) is 14.6 Å². The maximum absolute atomic E-state index is 13.2. The van der Waals surface area contributed by atoms with Gasteiger partial charge in [0.1, 0.15) is 0 Å². The Bertz CT molecular complexity index is 1240. The van der Waals surface area contributed by atoms with Crippen molar-refractivity contribution in [3.63, 3.8) is 0 Å². The van der Waals surface area contributed by atoms with Crippen LogP contribution in [0.2, 0.25) is 0 Å². The molecule has 0 bridgehead atoms. The number of halogens is 3. The zero-order valence-electron chi connectivity index (χ0n) is 20.6. The van der Waals surface area contributed by atoms with E-state index < -0.39 is 11.7 Å². The van der Waals surface area contributed by atoms with Gasteiger partial charge in [0.2, 0.25) is 0 Å². The molecule has 2 aliphatic heterocycles. The van der Waals surface area contributed by atoms with Crippen LogP contribution in [0.1, 0.15) is 27.0 Å². The molecule has 1 N–H and O–H groups in total. The van der Waals surface area contributed by atoms with Crippen molar-refractivity contribution < 1.29 is 22.7 Å². The van der Waals surface area contributed by atoms with E-state index in [1.165, 1.54) is 23.3 Å². The average molecular weight is 510 g/mol. The van der Waals surface area contributed by atoms with Crippen LogP contribution in [0.25, 0.3) is 11.1 Å². The number of benzene rings is 3.